The summed E-state index contributed by atoms with van der Waals surface area (Å²) in [6.45, 7) is 0.817. The molecule has 0 aromatic heterocycles. The van der Waals surface area contributed by atoms with Crippen molar-refractivity contribution in [1.29, 1.82) is 0 Å². The predicted molar refractivity (Wildman–Crippen MR) is 88.4 cm³/mol. The van der Waals surface area contributed by atoms with Crippen molar-refractivity contribution in [2.75, 3.05) is 12.8 Å². The number of carbonyl (C=O) groups excluding carboxylic acids is 1. The van der Waals surface area contributed by atoms with Gasteiger partial charge < -0.3 is 4.90 Å². The lowest BCUT2D eigenvalue weighted by atomic mass is 9.94. The molecular weight excluding hydrogens is 294 g/mol. The molecular formula is C18H19NO2S. The Morgan fingerprint density at radius 2 is 1.82 bits per heavy atom. The Morgan fingerprint density at radius 1 is 1.14 bits per heavy atom. The molecule has 1 saturated heterocycles. The summed E-state index contributed by atoms with van der Waals surface area (Å²) in [6.07, 6.45) is 3.60. The molecule has 2 unspecified atom stereocenters. The highest BCUT2D eigenvalue weighted by molar-refractivity contribution is 7.84. The number of hydrogen-bond acceptors (Lipinski definition) is 2. The zero-order valence-corrected chi connectivity index (χ0v) is 13.4. The molecule has 0 aliphatic carbocycles. The molecule has 3 rings (SSSR count). The number of amides is 1. The van der Waals surface area contributed by atoms with Gasteiger partial charge in [0.1, 0.15) is 0 Å². The second-order valence-corrected chi connectivity index (χ2v) is 6.99. The smallest absolute Gasteiger partial charge is 0.254 e. The van der Waals surface area contributed by atoms with Crippen LogP contribution in [0.4, 0.5) is 0 Å². The van der Waals surface area contributed by atoms with Gasteiger partial charge in [0.25, 0.3) is 5.91 Å². The van der Waals surface area contributed by atoms with Crippen LogP contribution in [0.1, 0.15) is 22.3 Å². The molecule has 1 heterocycles. The first kappa shape index (κ1) is 15.0. The second kappa shape index (κ2) is 6.44. The maximum atomic E-state index is 12.6. The Morgan fingerprint density at radius 3 is 2.36 bits per heavy atom. The van der Waals surface area contributed by atoms with Gasteiger partial charge in [0.15, 0.2) is 0 Å². The maximum Gasteiger partial charge on any atom is 0.254 e. The molecule has 1 fully saturated rings. The van der Waals surface area contributed by atoms with Gasteiger partial charge in [-0.2, -0.15) is 0 Å². The molecule has 2 aromatic carbocycles. The van der Waals surface area contributed by atoms with Crippen molar-refractivity contribution in [3.63, 3.8) is 0 Å². The number of likely N-dealkylation sites (tertiary alicyclic amines) is 1. The zero-order chi connectivity index (χ0) is 15.5. The van der Waals surface area contributed by atoms with Crippen LogP contribution >= 0.6 is 0 Å². The minimum Gasteiger partial charge on any atom is -0.335 e. The number of carbonyl (C=O) groups is 1. The lowest BCUT2D eigenvalue weighted by molar-refractivity contribution is 0.0464. The average Bonchev–Trinajstić information content (AvgIpc) is 2.52. The molecule has 1 amide bonds. The average molecular weight is 313 g/mol. The van der Waals surface area contributed by atoms with E-state index in [1.54, 1.807) is 30.5 Å². The molecule has 0 N–H and O–H groups in total. The highest BCUT2D eigenvalue weighted by atomic mass is 32.2. The van der Waals surface area contributed by atoms with E-state index in [9.17, 15) is 9.00 Å². The summed E-state index contributed by atoms with van der Waals surface area (Å²) in [6, 6.07) is 17.7. The Hall–Kier alpha value is -1.94. The van der Waals surface area contributed by atoms with Crippen LogP contribution in [-0.2, 0) is 17.2 Å². The van der Waals surface area contributed by atoms with Crippen molar-refractivity contribution in [2.24, 2.45) is 0 Å². The number of benzene rings is 2. The SMILES string of the molecule is CS(=O)c1ccc(C(=O)N2CCC2Cc2ccccc2)cc1. The Bertz CT molecular complexity index is 682. The lowest BCUT2D eigenvalue weighted by Gasteiger charge is -2.41. The first-order valence-electron chi connectivity index (χ1n) is 7.43. The number of rotatable bonds is 4. The first-order chi connectivity index (χ1) is 10.6. The molecule has 2 atom stereocenters. The van der Waals surface area contributed by atoms with Crippen LogP contribution in [0.15, 0.2) is 59.5 Å². The fourth-order valence-electron chi connectivity index (χ4n) is 2.76. The van der Waals surface area contributed by atoms with E-state index in [1.807, 2.05) is 23.1 Å². The third kappa shape index (κ3) is 3.12. The molecule has 0 radical (unpaired) electrons. The molecule has 0 saturated carbocycles. The van der Waals surface area contributed by atoms with Crippen LogP contribution in [0.25, 0.3) is 0 Å². The van der Waals surface area contributed by atoms with E-state index in [1.165, 1.54) is 5.56 Å². The van der Waals surface area contributed by atoms with E-state index in [0.29, 0.717) is 5.56 Å². The maximum absolute atomic E-state index is 12.6. The molecule has 22 heavy (non-hydrogen) atoms. The lowest BCUT2D eigenvalue weighted by Crippen LogP contribution is -2.52. The fourth-order valence-corrected chi connectivity index (χ4v) is 3.28. The van der Waals surface area contributed by atoms with Gasteiger partial charge >= 0.3 is 0 Å². The van der Waals surface area contributed by atoms with Gasteiger partial charge in [-0.25, -0.2) is 0 Å². The van der Waals surface area contributed by atoms with Crippen molar-refractivity contribution in [3.8, 4) is 0 Å². The predicted octanol–water partition coefficient (Wildman–Crippen LogP) is 2.88. The zero-order valence-electron chi connectivity index (χ0n) is 12.6. The normalized spacial score (nSPS) is 18.6. The summed E-state index contributed by atoms with van der Waals surface area (Å²) in [5, 5.41) is 0. The molecule has 0 spiro atoms. The summed E-state index contributed by atoms with van der Waals surface area (Å²) < 4.78 is 11.4. The minimum absolute atomic E-state index is 0.0700. The van der Waals surface area contributed by atoms with E-state index >= 15 is 0 Å². The second-order valence-electron chi connectivity index (χ2n) is 5.61. The molecule has 2 aromatic rings. The molecule has 3 nitrogen and oxygen atoms in total. The minimum atomic E-state index is -1.01. The molecule has 0 bridgehead atoms. The van der Waals surface area contributed by atoms with Crippen LogP contribution in [-0.4, -0.2) is 33.9 Å². The summed E-state index contributed by atoms with van der Waals surface area (Å²) in [7, 11) is -1.01. The highest BCUT2D eigenvalue weighted by Gasteiger charge is 2.32. The van der Waals surface area contributed by atoms with Crippen LogP contribution in [0.5, 0.6) is 0 Å². The number of hydrogen-bond donors (Lipinski definition) is 0. The quantitative estimate of drug-likeness (QED) is 0.870. The van der Waals surface area contributed by atoms with Crippen molar-refractivity contribution >= 4 is 16.7 Å². The fraction of sp³-hybridized carbons (Fsp3) is 0.278. The Labute approximate surface area is 133 Å². The third-order valence-corrected chi connectivity index (χ3v) is 5.09. The van der Waals surface area contributed by atoms with Crippen molar-refractivity contribution in [3.05, 3.63) is 65.7 Å². The van der Waals surface area contributed by atoms with Gasteiger partial charge in [-0.3, -0.25) is 9.00 Å². The van der Waals surface area contributed by atoms with E-state index in [2.05, 4.69) is 12.1 Å². The Balaban J connectivity index is 1.68. The van der Waals surface area contributed by atoms with Gasteiger partial charge in [-0.1, -0.05) is 30.3 Å². The summed E-state index contributed by atoms with van der Waals surface area (Å²) in [4.78, 5) is 15.2. The van der Waals surface area contributed by atoms with E-state index in [0.717, 1.165) is 24.3 Å². The highest BCUT2D eigenvalue weighted by Crippen LogP contribution is 2.24. The van der Waals surface area contributed by atoms with Gasteiger partial charge in [0.2, 0.25) is 0 Å². The van der Waals surface area contributed by atoms with E-state index < -0.39 is 10.8 Å². The third-order valence-electron chi connectivity index (χ3n) is 4.15. The van der Waals surface area contributed by atoms with Gasteiger partial charge in [-0.05, 0) is 42.7 Å². The van der Waals surface area contributed by atoms with Gasteiger partial charge in [0.05, 0.1) is 0 Å². The van der Waals surface area contributed by atoms with Gasteiger partial charge in [-0.15, -0.1) is 0 Å². The molecule has 114 valence electrons. The summed E-state index contributed by atoms with van der Waals surface area (Å²) >= 11 is 0. The van der Waals surface area contributed by atoms with Crippen molar-refractivity contribution in [1.82, 2.24) is 4.90 Å². The van der Waals surface area contributed by atoms with E-state index in [-0.39, 0.29) is 11.9 Å². The topological polar surface area (TPSA) is 37.4 Å². The van der Waals surface area contributed by atoms with Crippen LogP contribution in [0.3, 0.4) is 0 Å². The van der Waals surface area contributed by atoms with Crippen LogP contribution < -0.4 is 0 Å². The van der Waals surface area contributed by atoms with Crippen LogP contribution in [0, 0.1) is 0 Å². The molecule has 1 aliphatic rings. The summed E-state index contributed by atoms with van der Waals surface area (Å²) in [5.41, 5.74) is 1.94. The summed E-state index contributed by atoms with van der Waals surface area (Å²) in [5.74, 6) is 0.0700. The first-order valence-corrected chi connectivity index (χ1v) is 8.99. The standard InChI is InChI=1S/C18H19NO2S/c1-22(21)17-9-7-15(8-10-17)18(20)19-12-11-16(19)13-14-5-3-2-4-6-14/h2-10,16H,11-13H2,1H3. The van der Waals surface area contributed by atoms with Crippen LogP contribution in [0.2, 0.25) is 0 Å². The molecule has 1 aliphatic heterocycles. The van der Waals surface area contributed by atoms with Crippen molar-refractivity contribution < 1.29 is 9.00 Å². The van der Waals surface area contributed by atoms with Gasteiger partial charge in [0, 0.05) is 40.1 Å². The Kier molecular flexibility index (Phi) is 4.39. The molecule has 4 heteroatoms. The monoisotopic (exact) mass is 313 g/mol. The van der Waals surface area contributed by atoms with E-state index in [4.69, 9.17) is 0 Å². The van der Waals surface area contributed by atoms with Crippen molar-refractivity contribution in [2.45, 2.75) is 23.8 Å². The number of nitrogens with zero attached hydrogens (tertiary/aromatic N) is 1. The largest absolute Gasteiger partial charge is 0.335 e.